The maximum atomic E-state index is 14.6. The van der Waals surface area contributed by atoms with E-state index in [-0.39, 0.29) is 29.6 Å². The number of halogens is 2. The molecule has 2 fully saturated rings. The van der Waals surface area contributed by atoms with Gasteiger partial charge in [-0.1, -0.05) is 30.4 Å². The van der Waals surface area contributed by atoms with E-state index in [0.29, 0.717) is 11.4 Å². The number of hydrogen-bond donors (Lipinski definition) is 1. The van der Waals surface area contributed by atoms with Crippen molar-refractivity contribution in [3.63, 3.8) is 0 Å². The molecule has 7 heteroatoms. The second kappa shape index (κ2) is 7.51. The summed E-state index contributed by atoms with van der Waals surface area (Å²) >= 11 is 6.04. The normalized spacial score (nSPS) is 25.2. The van der Waals surface area contributed by atoms with E-state index in [4.69, 9.17) is 27.5 Å². The molecule has 1 aliphatic carbocycles. The molecule has 1 aromatic carbocycles. The number of nitrogens with one attached hydrogen (secondary N) is 1. The summed E-state index contributed by atoms with van der Waals surface area (Å²) in [7, 11) is 1.36. The van der Waals surface area contributed by atoms with Crippen molar-refractivity contribution in [3.05, 3.63) is 23.0 Å². The minimum atomic E-state index is -0.486. The van der Waals surface area contributed by atoms with Gasteiger partial charge in [0.25, 0.3) is 0 Å². The molecule has 1 aromatic rings. The van der Waals surface area contributed by atoms with Gasteiger partial charge in [-0.05, 0) is 18.9 Å². The molecular formula is C18H20ClFN2O3. The van der Waals surface area contributed by atoms with Gasteiger partial charge in [-0.25, -0.2) is 9.82 Å². The number of esters is 1. The topological polar surface area (TPSA) is 50.8 Å². The van der Waals surface area contributed by atoms with Crippen LogP contribution < -0.4 is 15.2 Å². The van der Waals surface area contributed by atoms with Crippen molar-refractivity contribution in [2.75, 3.05) is 18.7 Å². The van der Waals surface area contributed by atoms with Gasteiger partial charge in [0, 0.05) is 12.0 Å². The van der Waals surface area contributed by atoms with Crippen LogP contribution in [-0.4, -0.2) is 31.8 Å². The zero-order valence-electron chi connectivity index (χ0n) is 13.9. The average molecular weight is 367 g/mol. The molecule has 0 bridgehead atoms. The number of nitrogens with zero attached hydrogens (tertiary/aromatic N) is 1. The van der Waals surface area contributed by atoms with Crippen LogP contribution in [0.15, 0.2) is 12.1 Å². The van der Waals surface area contributed by atoms with E-state index in [1.165, 1.54) is 19.2 Å². The Hall–Kier alpha value is -1.97. The molecule has 5 nitrogen and oxygen atoms in total. The molecule has 0 radical (unpaired) electrons. The Kier molecular flexibility index (Phi) is 5.36. The van der Waals surface area contributed by atoms with Gasteiger partial charge in [-0.2, -0.15) is 0 Å². The minimum Gasteiger partial charge on any atom is -0.479 e. The first-order valence-corrected chi connectivity index (χ1v) is 8.63. The summed E-state index contributed by atoms with van der Waals surface area (Å²) in [5.74, 6) is 1.92. The Morgan fingerprint density at radius 3 is 2.96 bits per heavy atom. The Morgan fingerprint density at radius 2 is 2.24 bits per heavy atom. The molecule has 3 rings (SSSR count). The summed E-state index contributed by atoms with van der Waals surface area (Å²) in [6, 6.07) is 2.25. The Labute approximate surface area is 151 Å². The number of carbonyl (C=O) groups excluding carboxylic acids is 1. The lowest BCUT2D eigenvalue weighted by Gasteiger charge is -2.32. The second-order valence-corrected chi connectivity index (χ2v) is 6.65. The van der Waals surface area contributed by atoms with Crippen molar-refractivity contribution in [3.8, 4) is 18.1 Å². The largest absolute Gasteiger partial charge is 0.479 e. The molecule has 3 unspecified atom stereocenters. The molecule has 2 aliphatic rings. The zero-order valence-corrected chi connectivity index (χ0v) is 14.7. The van der Waals surface area contributed by atoms with Crippen LogP contribution in [0.3, 0.4) is 0 Å². The van der Waals surface area contributed by atoms with Gasteiger partial charge in [0.15, 0.2) is 0 Å². The Bertz CT molecular complexity index is 706. The monoisotopic (exact) mass is 366 g/mol. The predicted molar refractivity (Wildman–Crippen MR) is 92.9 cm³/mol. The molecule has 3 atom stereocenters. The smallest absolute Gasteiger partial charge is 0.325 e. The standard InChI is InChI=1S/C18H20ClFN2O3/c1-3-8-25-16-10-15(13(20)9-12(16)19)22-14-7-5-4-6-11(14)17(21-22)18(23)24-2/h1,9-11,14,17,21H,4-8H2,2H3. The molecule has 1 heterocycles. The lowest BCUT2D eigenvalue weighted by molar-refractivity contribution is -0.144. The second-order valence-electron chi connectivity index (χ2n) is 6.24. The molecule has 1 saturated carbocycles. The molecule has 0 amide bonds. The SMILES string of the molecule is C#CCOc1cc(N2NC(C(=O)OC)C3CCCCC32)c(F)cc1Cl. The molecular weight excluding hydrogens is 347 g/mol. The highest BCUT2D eigenvalue weighted by Crippen LogP contribution is 2.41. The van der Waals surface area contributed by atoms with Crippen molar-refractivity contribution in [2.24, 2.45) is 5.92 Å². The van der Waals surface area contributed by atoms with Crippen molar-refractivity contribution in [1.82, 2.24) is 5.43 Å². The highest BCUT2D eigenvalue weighted by atomic mass is 35.5. The fraction of sp³-hybridized carbons (Fsp3) is 0.500. The van der Waals surface area contributed by atoms with Gasteiger partial charge in [0.05, 0.1) is 23.9 Å². The summed E-state index contributed by atoms with van der Waals surface area (Å²) in [5, 5.41) is 1.88. The number of fused-ring (bicyclic) bond motifs is 1. The zero-order chi connectivity index (χ0) is 18.0. The van der Waals surface area contributed by atoms with Crippen LogP contribution in [0.2, 0.25) is 5.02 Å². The molecule has 134 valence electrons. The van der Waals surface area contributed by atoms with E-state index in [1.807, 2.05) is 0 Å². The number of terminal acetylenes is 1. The summed E-state index contributed by atoms with van der Waals surface area (Å²) in [4.78, 5) is 12.1. The van der Waals surface area contributed by atoms with E-state index in [2.05, 4.69) is 11.3 Å². The van der Waals surface area contributed by atoms with E-state index in [0.717, 1.165) is 25.7 Å². The summed E-state index contributed by atoms with van der Waals surface area (Å²) in [6.07, 6.45) is 9.04. The number of hydrazine groups is 1. The number of anilines is 1. The lowest BCUT2D eigenvalue weighted by atomic mass is 9.81. The van der Waals surface area contributed by atoms with Gasteiger partial charge >= 0.3 is 5.97 Å². The van der Waals surface area contributed by atoms with Crippen molar-refractivity contribution in [1.29, 1.82) is 0 Å². The number of ether oxygens (including phenoxy) is 2. The maximum Gasteiger partial charge on any atom is 0.325 e. The van der Waals surface area contributed by atoms with Crippen LogP contribution in [0.5, 0.6) is 5.75 Å². The van der Waals surface area contributed by atoms with Crippen LogP contribution in [0.4, 0.5) is 10.1 Å². The predicted octanol–water partition coefficient (Wildman–Crippen LogP) is 2.92. The van der Waals surface area contributed by atoms with Gasteiger partial charge in [-0.3, -0.25) is 4.79 Å². The molecule has 0 aromatic heterocycles. The number of methoxy groups -OCH3 is 1. The first-order valence-electron chi connectivity index (χ1n) is 8.25. The summed E-state index contributed by atoms with van der Waals surface area (Å²) in [5.41, 5.74) is 3.41. The van der Waals surface area contributed by atoms with E-state index in [1.54, 1.807) is 5.01 Å². The third-order valence-electron chi connectivity index (χ3n) is 4.85. The summed E-state index contributed by atoms with van der Waals surface area (Å²) < 4.78 is 24.9. The van der Waals surface area contributed by atoms with Crippen LogP contribution in [0, 0.1) is 24.1 Å². The average Bonchev–Trinajstić information content (AvgIpc) is 3.00. The quantitative estimate of drug-likeness (QED) is 0.656. The molecule has 1 saturated heterocycles. The molecule has 0 spiro atoms. The van der Waals surface area contributed by atoms with Crippen LogP contribution in [0.1, 0.15) is 25.7 Å². The van der Waals surface area contributed by atoms with Gasteiger partial charge in [0.1, 0.15) is 24.2 Å². The van der Waals surface area contributed by atoms with Gasteiger partial charge in [-0.15, -0.1) is 6.42 Å². The fourth-order valence-corrected chi connectivity index (χ4v) is 3.93. The molecule has 1 N–H and O–H groups in total. The van der Waals surface area contributed by atoms with Crippen molar-refractivity contribution >= 4 is 23.3 Å². The Balaban J connectivity index is 1.94. The third-order valence-corrected chi connectivity index (χ3v) is 5.14. The first-order chi connectivity index (χ1) is 12.1. The molecule has 25 heavy (non-hydrogen) atoms. The van der Waals surface area contributed by atoms with E-state index < -0.39 is 11.9 Å². The highest BCUT2D eigenvalue weighted by molar-refractivity contribution is 6.32. The fourth-order valence-electron chi connectivity index (χ4n) is 3.73. The maximum absolute atomic E-state index is 14.6. The minimum absolute atomic E-state index is 0.00834. The molecule has 1 aliphatic heterocycles. The van der Waals surface area contributed by atoms with Crippen LogP contribution >= 0.6 is 11.6 Å². The van der Waals surface area contributed by atoms with Crippen LogP contribution in [-0.2, 0) is 9.53 Å². The van der Waals surface area contributed by atoms with E-state index >= 15 is 0 Å². The van der Waals surface area contributed by atoms with Gasteiger partial charge < -0.3 is 14.5 Å². The van der Waals surface area contributed by atoms with E-state index in [9.17, 15) is 9.18 Å². The first kappa shape index (κ1) is 17.8. The van der Waals surface area contributed by atoms with Crippen LogP contribution in [0.25, 0.3) is 0 Å². The lowest BCUT2D eigenvalue weighted by Crippen LogP contribution is -2.43. The summed E-state index contributed by atoms with van der Waals surface area (Å²) in [6.45, 7) is 0.0368. The Morgan fingerprint density at radius 1 is 1.48 bits per heavy atom. The van der Waals surface area contributed by atoms with Gasteiger partial charge in [0.2, 0.25) is 0 Å². The highest BCUT2D eigenvalue weighted by Gasteiger charge is 2.47. The number of carbonyl (C=O) groups is 1. The number of hydrogen-bond acceptors (Lipinski definition) is 5. The van der Waals surface area contributed by atoms with Crippen molar-refractivity contribution < 1.29 is 18.7 Å². The van der Waals surface area contributed by atoms with Crippen molar-refractivity contribution in [2.45, 2.75) is 37.8 Å². The third kappa shape index (κ3) is 3.39. The number of benzene rings is 1. The number of rotatable bonds is 4.